The van der Waals surface area contributed by atoms with Crippen molar-refractivity contribution in [3.8, 4) is 0 Å². The molecule has 408 valence electrons. The molecule has 0 bridgehead atoms. The van der Waals surface area contributed by atoms with Crippen LogP contribution in [0.25, 0.3) is 0 Å². The summed E-state index contributed by atoms with van der Waals surface area (Å²) in [5.41, 5.74) is 6.53. The molecule has 0 saturated carbocycles. The van der Waals surface area contributed by atoms with Crippen molar-refractivity contribution in [2.24, 2.45) is 0 Å². The Morgan fingerprint density at radius 2 is 0.773 bits per heavy atom. The first-order valence-corrected chi connectivity index (χ1v) is 31.7. The number of hydrogen-bond acceptors (Lipinski definition) is 4. The molecule has 2 saturated heterocycles. The molecule has 11 heteroatoms. The fraction of sp³-hybridized carbons (Fsp3) is 0.406. The minimum absolute atomic E-state index is 0. The van der Waals surface area contributed by atoms with Gasteiger partial charge in [0.05, 0.1) is 31.3 Å². The number of nitrogens with zero attached hydrogens (tertiary/aromatic N) is 2. The van der Waals surface area contributed by atoms with Gasteiger partial charge in [-0.25, -0.2) is 0 Å². The van der Waals surface area contributed by atoms with E-state index in [-0.39, 0.29) is 109 Å². The number of aliphatic hydroxyl groups excluding tert-OH is 1. The van der Waals surface area contributed by atoms with Gasteiger partial charge in [0.15, 0.2) is 0 Å². The van der Waals surface area contributed by atoms with Crippen molar-refractivity contribution in [2.45, 2.75) is 154 Å². The van der Waals surface area contributed by atoms with Crippen molar-refractivity contribution in [1.82, 2.24) is 9.80 Å². The zero-order chi connectivity index (χ0) is 48.5. The zero-order valence-electron chi connectivity index (χ0n) is 44.9. The number of hydrogen-bond donors (Lipinski definition) is 1. The summed E-state index contributed by atoms with van der Waals surface area (Å²) >= 11 is 0. The molecule has 6 aromatic carbocycles. The molecule has 3 atom stereocenters. The first kappa shape index (κ1) is 74.5. The Morgan fingerprint density at radius 1 is 0.507 bits per heavy atom. The van der Waals surface area contributed by atoms with Gasteiger partial charge in [-0.1, -0.05) is 283 Å². The van der Waals surface area contributed by atoms with Crippen LogP contribution in [-0.4, -0.2) is 91.7 Å². The third-order valence-corrected chi connectivity index (χ3v) is 26.6. The van der Waals surface area contributed by atoms with E-state index in [9.17, 15) is 9.90 Å². The fourth-order valence-corrected chi connectivity index (χ4v) is 16.6. The third-order valence-electron chi connectivity index (χ3n) is 16.4. The van der Waals surface area contributed by atoms with Crippen LogP contribution < -0.4 is 12.4 Å². The molecule has 0 spiro atoms. The summed E-state index contributed by atoms with van der Waals surface area (Å²) in [7, 11) is -2.37. The Labute approximate surface area is 502 Å². The van der Waals surface area contributed by atoms with Crippen LogP contribution in [0.4, 0.5) is 0 Å². The molecular weight excluding hydrogens is 1040 g/mol. The Morgan fingerprint density at radius 3 is 1.03 bits per heavy atom. The number of aliphatic hydroxyl groups is 1. The number of aldehydes is 1. The minimum atomic E-state index is -1.45. The molecule has 0 aromatic heterocycles. The molecule has 0 aliphatic carbocycles. The second-order valence-electron chi connectivity index (χ2n) is 19.5. The Bertz CT molecular complexity index is 2150. The smallest absolute Gasteiger partial charge is 1.00 e. The van der Waals surface area contributed by atoms with Gasteiger partial charge in [-0.2, -0.15) is 40.5 Å². The molecule has 2 aliphatic heterocycles. The van der Waals surface area contributed by atoms with Crippen molar-refractivity contribution < 1.29 is 22.3 Å². The normalized spacial score (nSPS) is 15.7. The number of benzene rings is 6. The van der Waals surface area contributed by atoms with Crippen molar-refractivity contribution in [3.63, 3.8) is 0 Å². The Hall–Kier alpha value is -2.59. The second kappa shape index (κ2) is 36.6. The second-order valence-corrected chi connectivity index (χ2v) is 30.1. The van der Waals surface area contributed by atoms with E-state index in [4.69, 9.17) is 0 Å². The largest absolute Gasteiger partial charge is 2.00 e. The van der Waals surface area contributed by atoms with Crippen LogP contribution >= 0.6 is 40.5 Å². The van der Waals surface area contributed by atoms with Crippen molar-refractivity contribution in [2.75, 3.05) is 13.1 Å². The Kier molecular flexibility index (Phi) is 36.3. The SMILES string of the molecule is C.C.CC[Si](CC)(CC)C[C@@H](O)[C@@H]1CCCN1C(c1ccccc1)(c1ccccc1)c1ccccc1.O=C[C@@H]1CCCN1C(c1ccccc1)(c1ccccc1)c1ccccc1.S.S.S.[CH2-][Si](CC)(CC)CC.[Cl-].[Mg+2]. The zero-order valence-corrected chi connectivity index (χ0v) is 52.0. The number of likely N-dealkylation sites (tertiary alicyclic amines) is 2. The first-order chi connectivity index (χ1) is 33.2. The summed E-state index contributed by atoms with van der Waals surface area (Å²) in [6.45, 7) is 20.0. The monoisotopic (exact) mass is 1130 g/mol. The maximum Gasteiger partial charge on any atom is 2.00 e. The molecule has 0 amide bonds. The van der Waals surface area contributed by atoms with E-state index in [2.05, 4.69) is 222 Å². The molecule has 2 fully saturated rings. The van der Waals surface area contributed by atoms with Gasteiger partial charge >= 0.3 is 23.1 Å². The van der Waals surface area contributed by atoms with E-state index >= 15 is 0 Å². The van der Waals surface area contributed by atoms with Crippen LogP contribution in [0, 0.1) is 6.55 Å². The van der Waals surface area contributed by atoms with E-state index in [1.165, 1.54) is 69.6 Å². The van der Waals surface area contributed by atoms with Crippen LogP contribution in [0.1, 0.15) is 115 Å². The fourth-order valence-electron chi connectivity index (χ4n) is 11.5. The van der Waals surface area contributed by atoms with Gasteiger partial charge < -0.3 is 28.9 Å². The van der Waals surface area contributed by atoms with E-state index in [0.29, 0.717) is 0 Å². The predicted octanol–water partition coefficient (Wildman–Crippen LogP) is 13.1. The molecule has 0 unspecified atom stereocenters. The van der Waals surface area contributed by atoms with Crippen LogP contribution in [0.3, 0.4) is 0 Å². The number of rotatable bonds is 18. The van der Waals surface area contributed by atoms with Crippen LogP contribution in [-0.2, 0) is 15.9 Å². The van der Waals surface area contributed by atoms with Gasteiger partial charge in [0, 0.05) is 19.1 Å². The maximum absolute atomic E-state index is 11.9. The Balaban J connectivity index is 0. The molecule has 2 aliphatic rings. The average Bonchev–Trinajstić information content (AvgIpc) is 4.12. The van der Waals surface area contributed by atoms with Gasteiger partial charge in [0.1, 0.15) is 6.29 Å². The average molecular weight is 1140 g/mol. The van der Waals surface area contributed by atoms with Crippen molar-refractivity contribution >= 4 is 86.0 Å². The number of halogens is 1. The van der Waals surface area contributed by atoms with Gasteiger partial charge in [-0.05, 0) is 65.1 Å². The summed E-state index contributed by atoms with van der Waals surface area (Å²) in [6, 6.07) is 73.5. The van der Waals surface area contributed by atoms with Gasteiger partial charge in [-0.3, -0.25) is 9.80 Å². The molecule has 4 nitrogen and oxygen atoms in total. The number of carbonyl (C=O) groups is 1. The van der Waals surface area contributed by atoms with Gasteiger partial charge in [0.25, 0.3) is 0 Å². The summed E-state index contributed by atoms with van der Waals surface area (Å²) < 4.78 is 0. The van der Waals surface area contributed by atoms with Gasteiger partial charge in [-0.15, -0.1) is 0 Å². The minimum Gasteiger partial charge on any atom is -1.00 e. The van der Waals surface area contributed by atoms with E-state index < -0.39 is 27.2 Å². The maximum atomic E-state index is 11.9. The van der Waals surface area contributed by atoms with E-state index in [1.54, 1.807) is 0 Å². The molecule has 1 N–H and O–H groups in total. The predicted molar refractivity (Wildman–Crippen MR) is 345 cm³/mol. The van der Waals surface area contributed by atoms with E-state index in [0.717, 1.165) is 51.1 Å². The van der Waals surface area contributed by atoms with Crippen LogP contribution in [0.2, 0.25) is 42.3 Å². The quantitative estimate of drug-likeness (QED) is 0.0403. The topological polar surface area (TPSA) is 43.8 Å². The van der Waals surface area contributed by atoms with Crippen LogP contribution in [0.5, 0.6) is 0 Å². The van der Waals surface area contributed by atoms with Crippen molar-refractivity contribution in [1.29, 1.82) is 0 Å². The summed E-state index contributed by atoms with van der Waals surface area (Å²) in [5.74, 6) is 0. The molecule has 8 rings (SSSR count). The summed E-state index contributed by atoms with van der Waals surface area (Å²) in [4.78, 5) is 17.0. The third kappa shape index (κ3) is 17.0. The van der Waals surface area contributed by atoms with E-state index in [1.807, 2.05) is 18.2 Å². The molecule has 6 aromatic rings. The standard InChI is InChI=1S/C31H41NOSi.C24H23NO.C7H17Si.2CH4.ClH.Mg.3H2S/c1-4-34(5-2,6-3)25-30(33)29-23-16-24-32(29)31(26-17-10-7-11-18-26,27-19-12-8-13-20-27)28-21-14-9-15-22-28;26-19-23-17-10-18-25(23)24(20-11-4-1-5-12-20,21-13-6-2-7-14-21)22-15-8-3-9-16-22;1-5-8(4,6-2)7-3;;;;;;;/h7-15,17-22,29-30,33H,4-6,16,23-25H2,1-3H3;1-9,11-16,19,23H,10,17-18H2;4-7H2,1-3H3;2*1H4;1H;;3*1H2/q;;-1;;;;+2;;;/p-1/t29-,30+;23-;;;;;;;;/m00......../s1. The first-order valence-electron chi connectivity index (χ1n) is 26.0. The number of carbonyl (C=O) groups excluding carboxylic acids is 1. The summed E-state index contributed by atoms with van der Waals surface area (Å²) in [6.07, 6.45) is 4.96. The van der Waals surface area contributed by atoms with Gasteiger partial charge in [0.2, 0.25) is 0 Å². The molecule has 0 radical (unpaired) electrons. The van der Waals surface area contributed by atoms with Crippen molar-refractivity contribution in [3.05, 3.63) is 222 Å². The molecular formula is C64H95ClMgN2O2S3Si2. The molecule has 2 heterocycles. The summed E-state index contributed by atoms with van der Waals surface area (Å²) in [5, 5.41) is 11.8. The molecule has 75 heavy (non-hydrogen) atoms. The van der Waals surface area contributed by atoms with Crippen LogP contribution in [0.15, 0.2) is 182 Å².